The van der Waals surface area contributed by atoms with E-state index < -0.39 is 0 Å². The van der Waals surface area contributed by atoms with E-state index in [1.165, 1.54) is 0 Å². The van der Waals surface area contributed by atoms with Crippen molar-refractivity contribution in [3.8, 4) is 5.88 Å². The molecular weight excluding hydrogens is 322 g/mol. The van der Waals surface area contributed by atoms with Crippen molar-refractivity contribution in [2.45, 2.75) is 19.1 Å². The van der Waals surface area contributed by atoms with Gasteiger partial charge in [-0.05, 0) is 12.1 Å². The van der Waals surface area contributed by atoms with E-state index in [4.69, 9.17) is 9.47 Å². The van der Waals surface area contributed by atoms with Gasteiger partial charge in [0.2, 0.25) is 11.8 Å². The molecule has 1 aliphatic heterocycles. The first-order chi connectivity index (χ1) is 12.2. The summed E-state index contributed by atoms with van der Waals surface area (Å²) in [4.78, 5) is 19.0. The number of rotatable bonds is 7. The highest BCUT2D eigenvalue weighted by Gasteiger charge is 2.31. The zero-order valence-corrected chi connectivity index (χ0v) is 14.5. The highest BCUT2D eigenvalue weighted by Crippen LogP contribution is 2.24. The van der Waals surface area contributed by atoms with Crippen molar-refractivity contribution in [1.82, 2.24) is 25.0 Å². The van der Waals surface area contributed by atoms with Crippen molar-refractivity contribution in [2.24, 2.45) is 0 Å². The van der Waals surface area contributed by atoms with E-state index >= 15 is 0 Å². The number of aromatic nitrogens is 3. The average Bonchev–Trinajstić information content (AvgIpc) is 3.10. The summed E-state index contributed by atoms with van der Waals surface area (Å²) in [5.74, 6) is 0.563. The Morgan fingerprint density at radius 2 is 2.24 bits per heavy atom. The lowest BCUT2D eigenvalue weighted by molar-refractivity contribution is -0.126. The molecule has 3 heterocycles. The van der Waals surface area contributed by atoms with Gasteiger partial charge in [-0.2, -0.15) is 5.10 Å². The number of amides is 1. The van der Waals surface area contributed by atoms with Crippen molar-refractivity contribution in [3.63, 3.8) is 0 Å². The summed E-state index contributed by atoms with van der Waals surface area (Å²) in [5, 5.41) is 7.23. The van der Waals surface area contributed by atoms with E-state index in [-0.39, 0.29) is 11.9 Å². The number of pyridine rings is 1. The summed E-state index contributed by atoms with van der Waals surface area (Å²) >= 11 is 0. The minimum atomic E-state index is -0.363. The molecule has 1 amide bonds. The Labute approximate surface area is 146 Å². The van der Waals surface area contributed by atoms with Gasteiger partial charge in [-0.15, -0.1) is 0 Å². The van der Waals surface area contributed by atoms with Crippen LogP contribution >= 0.6 is 0 Å². The standard InChI is InChI=1S/C17H23N5O3/c1-24-9-8-18-16(23)15-12-21(11-14-5-7-20-22(14)15)10-13-4-3-6-19-17(13)25-2/h3-7,15H,8-12H2,1-2H3,(H,18,23)/t15-/m1/s1. The zero-order valence-electron chi connectivity index (χ0n) is 14.5. The van der Waals surface area contributed by atoms with Crippen LogP contribution in [-0.2, 0) is 22.6 Å². The first-order valence-electron chi connectivity index (χ1n) is 8.22. The second kappa shape index (κ2) is 8.09. The number of fused-ring (bicyclic) bond motifs is 1. The Hall–Kier alpha value is -2.45. The quantitative estimate of drug-likeness (QED) is 0.741. The van der Waals surface area contributed by atoms with Crippen LogP contribution in [0.5, 0.6) is 5.88 Å². The summed E-state index contributed by atoms with van der Waals surface area (Å²) in [6.45, 7) is 2.93. The van der Waals surface area contributed by atoms with Crippen molar-refractivity contribution >= 4 is 5.91 Å². The molecule has 1 N–H and O–H groups in total. The van der Waals surface area contributed by atoms with Crippen LogP contribution < -0.4 is 10.1 Å². The van der Waals surface area contributed by atoms with E-state index in [1.807, 2.05) is 18.2 Å². The van der Waals surface area contributed by atoms with Gasteiger partial charge in [0.25, 0.3) is 0 Å². The molecule has 1 atom stereocenters. The number of nitrogens with one attached hydrogen (secondary N) is 1. The lowest BCUT2D eigenvalue weighted by Crippen LogP contribution is -2.45. The summed E-state index contributed by atoms with van der Waals surface area (Å²) in [6, 6.07) is 5.47. The van der Waals surface area contributed by atoms with Crippen LogP contribution in [0.25, 0.3) is 0 Å². The topological polar surface area (TPSA) is 81.5 Å². The van der Waals surface area contributed by atoms with Gasteiger partial charge in [-0.25, -0.2) is 4.98 Å². The van der Waals surface area contributed by atoms with Gasteiger partial charge in [-0.1, -0.05) is 6.07 Å². The molecule has 0 fully saturated rings. The van der Waals surface area contributed by atoms with Crippen LogP contribution in [0.4, 0.5) is 0 Å². The summed E-state index contributed by atoms with van der Waals surface area (Å²) in [5.41, 5.74) is 2.01. The number of carbonyl (C=O) groups is 1. The van der Waals surface area contributed by atoms with Gasteiger partial charge in [0.1, 0.15) is 6.04 Å². The van der Waals surface area contributed by atoms with Gasteiger partial charge in [0, 0.05) is 51.2 Å². The molecule has 134 valence electrons. The number of hydrogen-bond donors (Lipinski definition) is 1. The molecule has 0 spiro atoms. The fourth-order valence-corrected chi connectivity index (χ4v) is 3.04. The van der Waals surface area contributed by atoms with E-state index in [9.17, 15) is 4.79 Å². The summed E-state index contributed by atoms with van der Waals surface area (Å²) in [6.07, 6.45) is 3.44. The van der Waals surface area contributed by atoms with Gasteiger partial charge in [-0.3, -0.25) is 14.4 Å². The van der Waals surface area contributed by atoms with Crippen molar-refractivity contribution in [1.29, 1.82) is 0 Å². The lowest BCUT2D eigenvalue weighted by Gasteiger charge is -2.33. The minimum Gasteiger partial charge on any atom is -0.481 e. The Kier molecular flexibility index (Phi) is 5.62. The Morgan fingerprint density at radius 3 is 3.04 bits per heavy atom. The molecule has 3 rings (SSSR count). The molecule has 8 nitrogen and oxygen atoms in total. The molecule has 0 saturated carbocycles. The first-order valence-corrected chi connectivity index (χ1v) is 8.22. The Balaban J connectivity index is 1.74. The second-order valence-electron chi connectivity index (χ2n) is 5.91. The minimum absolute atomic E-state index is 0.0511. The van der Waals surface area contributed by atoms with E-state index in [0.29, 0.717) is 32.1 Å². The maximum absolute atomic E-state index is 12.6. The van der Waals surface area contributed by atoms with Crippen LogP contribution in [0.1, 0.15) is 17.3 Å². The number of carbonyl (C=O) groups excluding carboxylic acids is 1. The molecule has 1 aliphatic rings. The third kappa shape index (κ3) is 3.97. The average molecular weight is 345 g/mol. The maximum atomic E-state index is 12.6. The molecule has 0 saturated heterocycles. The molecular formula is C17H23N5O3. The molecule has 2 aromatic rings. The van der Waals surface area contributed by atoms with Crippen LogP contribution in [0.15, 0.2) is 30.6 Å². The van der Waals surface area contributed by atoms with E-state index in [2.05, 4.69) is 20.3 Å². The predicted molar refractivity (Wildman–Crippen MR) is 91.1 cm³/mol. The molecule has 0 bridgehead atoms. The van der Waals surface area contributed by atoms with E-state index in [0.717, 1.165) is 17.8 Å². The SMILES string of the molecule is COCCNC(=O)[C@H]1CN(Cc2cccnc2OC)Cc2ccnn21. The van der Waals surface area contributed by atoms with Crippen molar-refractivity contribution in [2.75, 3.05) is 33.9 Å². The van der Waals surface area contributed by atoms with E-state index in [1.54, 1.807) is 31.3 Å². The Morgan fingerprint density at radius 1 is 1.36 bits per heavy atom. The van der Waals surface area contributed by atoms with Crippen molar-refractivity contribution in [3.05, 3.63) is 41.9 Å². The molecule has 2 aromatic heterocycles. The van der Waals surface area contributed by atoms with Gasteiger partial charge in [0.05, 0.1) is 19.4 Å². The maximum Gasteiger partial charge on any atom is 0.246 e. The van der Waals surface area contributed by atoms with Gasteiger partial charge < -0.3 is 14.8 Å². The highest BCUT2D eigenvalue weighted by atomic mass is 16.5. The molecule has 0 aromatic carbocycles. The van der Waals surface area contributed by atoms with Crippen LogP contribution in [-0.4, -0.2) is 59.5 Å². The third-order valence-electron chi connectivity index (χ3n) is 4.21. The lowest BCUT2D eigenvalue weighted by atomic mass is 10.1. The number of ether oxygens (including phenoxy) is 2. The number of hydrogen-bond acceptors (Lipinski definition) is 6. The fourth-order valence-electron chi connectivity index (χ4n) is 3.04. The number of nitrogens with zero attached hydrogens (tertiary/aromatic N) is 4. The highest BCUT2D eigenvalue weighted by molar-refractivity contribution is 5.80. The molecule has 0 radical (unpaired) electrons. The first kappa shape index (κ1) is 17.4. The third-order valence-corrected chi connectivity index (χ3v) is 4.21. The van der Waals surface area contributed by atoms with Crippen molar-refractivity contribution < 1.29 is 14.3 Å². The monoisotopic (exact) mass is 345 g/mol. The summed E-state index contributed by atoms with van der Waals surface area (Å²) in [7, 11) is 3.23. The van der Waals surface area contributed by atoms with Gasteiger partial charge >= 0.3 is 0 Å². The van der Waals surface area contributed by atoms with Crippen LogP contribution in [0, 0.1) is 0 Å². The number of methoxy groups -OCH3 is 2. The van der Waals surface area contributed by atoms with Gasteiger partial charge in [0.15, 0.2) is 0 Å². The second-order valence-corrected chi connectivity index (χ2v) is 5.91. The molecule has 25 heavy (non-hydrogen) atoms. The normalized spacial score (nSPS) is 17.1. The fraction of sp³-hybridized carbons (Fsp3) is 0.471. The molecule has 0 unspecified atom stereocenters. The summed E-state index contributed by atoms with van der Waals surface area (Å²) < 4.78 is 12.1. The largest absolute Gasteiger partial charge is 0.481 e. The van der Waals surface area contributed by atoms with Crippen LogP contribution in [0.3, 0.4) is 0 Å². The zero-order chi connectivity index (χ0) is 17.6. The predicted octanol–water partition coefficient (Wildman–Crippen LogP) is 0.606. The molecule has 0 aliphatic carbocycles. The Bertz CT molecular complexity index is 718. The molecule has 8 heteroatoms. The smallest absolute Gasteiger partial charge is 0.246 e. The van der Waals surface area contributed by atoms with Crippen LogP contribution in [0.2, 0.25) is 0 Å².